The molecule has 0 unspecified atom stereocenters. The second kappa shape index (κ2) is 4.66. The van der Waals surface area contributed by atoms with Crippen LogP contribution >= 0.6 is 0 Å². The summed E-state index contributed by atoms with van der Waals surface area (Å²) in [4.78, 5) is 0. The second-order valence-electron chi connectivity index (χ2n) is 3.84. The molecule has 15 heavy (non-hydrogen) atoms. The van der Waals surface area contributed by atoms with Gasteiger partial charge in [0.2, 0.25) is 5.88 Å². The molecule has 0 bridgehead atoms. The maximum atomic E-state index is 8.73. The van der Waals surface area contributed by atoms with Gasteiger partial charge in [-0.2, -0.15) is 0 Å². The van der Waals surface area contributed by atoms with E-state index in [1.54, 1.807) is 0 Å². The van der Waals surface area contributed by atoms with Crippen LogP contribution in [-0.4, -0.2) is 28.1 Å². The molecule has 4 heteroatoms. The highest BCUT2D eigenvalue weighted by atomic mass is 16.5. The molecular formula is C11H18N2O2. The molecule has 0 radical (unpaired) electrons. The Morgan fingerprint density at radius 2 is 2.33 bits per heavy atom. The van der Waals surface area contributed by atoms with Gasteiger partial charge >= 0.3 is 0 Å². The van der Waals surface area contributed by atoms with Gasteiger partial charge in [0.25, 0.3) is 0 Å². The summed E-state index contributed by atoms with van der Waals surface area (Å²) in [6.45, 7) is 3.51. The molecule has 1 aromatic rings. The van der Waals surface area contributed by atoms with Gasteiger partial charge in [0.15, 0.2) is 0 Å². The van der Waals surface area contributed by atoms with Crippen LogP contribution in [0.3, 0.4) is 0 Å². The summed E-state index contributed by atoms with van der Waals surface area (Å²) in [6, 6.07) is 0. The minimum atomic E-state index is 0.0470. The van der Waals surface area contributed by atoms with Crippen LogP contribution in [0.2, 0.25) is 0 Å². The van der Waals surface area contributed by atoms with E-state index in [-0.39, 0.29) is 6.61 Å². The zero-order valence-corrected chi connectivity index (χ0v) is 9.20. The van der Waals surface area contributed by atoms with E-state index in [2.05, 4.69) is 16.7 Å². The normalized spacial score (nSPS) is 15.1. The van der Waals surface area contributed by atoms with E-state index >= 15 is 0 Å². The summed E-state index contributed by atoms with van der Waals surface area (Å²) in [6.07, 6.45) is 4.52. The number of nitrogens with zero attached hydrogens (tertiary/aromatic N) is 2. The van der Waals surface area contributed by atoms with E-state index in [0.29, 0.717) is 6.61 Å². The minimum Gasteiger partial charge on any atom is -0.474 e. The predicted molar refractivity (Wildman–Crippen MR) is 57.1 cm³/mol. The monoisotopic (exact) mass is 210 g/mol. The van der Waals surface area contributed by atoms with Gasteiger partial charge in [-0.05, 0) is 25.7 Å². The second-order valence-corrected chi connectivity index (χ2v) is 3.84. The zero-order chi connectivity index (χ0) is 10.7. The first kappa shape index (κ1) is 10.5. The molecule has 0 aromatic carbocycles. The number of ether oxygens (including phenoxy) is 1. The van der Waals surface area contributed by atoms with Crippen molar-refractivity contribution in [3.8, 4) is 5.88 Å². The van der Waals surface area contributed by atoms with Crippen LogP contribution in [0, 0.1) is 0 Å². The van der Waals surface area contributed by atoms with Gasteiger partial charge < -0.3 is 9.84 Å². The van der Waals surface area contributed by atoms with Crippen molar-refractivity contribution in [1.29, 1.82) is 0 Å². The van der Waals surface area contributed by atoms with E-state index in [1.807, 2.05) is 0 Å². The van der Waals surface area contributed by atoms with E-state index in [0.717, 1.165) is 25.3 Å². The van der Waals surface area contributed by atoms with Crippen molar-refractivity contribution in [3.63, 3.8) is 0 Å². The molecule has 0 amide bonds. The Labute approximate surface area is 89.9 Å². The van der Waals surface area contributed by atoms with Crippen LogP contribution in [0.25, 0.3) is 0 Å². The molecule has 84 valence electrons. The maximum absolute atomic E-state index is 8.73. The first-order chi connectivity index (χ1) is 7.36. The van der Waals surface area contributed by atoms with E-state index in [1.165, 1.54) is 24.1 Å². The largest absolute Gasteiger partial charge is 0.474 e. The summed E-state index contributed by atoms with van der Waals surface area (Å²) < 4.78 is 7.51. The zero-order valence-electron chi connectivity index (χ0n) is 9.20. The molecule has 2 rings (SSSR count). The Balaban J connectivity index is 2.25. The molecule has 0 saturated carbocycles. The molecule has 0 atom stereocenters. The van der Waals surface area contributed by atoms with Crippen LogP contribution in [0.15, 0.2) is 0 Å². The Morgan fingerprint density at radius 3 is 3.07 bits per heavy atom. The van der Waals surface area contributed by atoms with Crippen molar-refractivity contribution >= 4 is 0 Å². The highest BCUT2D eigenvalue weighted by Crippen LogP contribution is 2.26. The fourth-order valence-electron chi connectivity index (χ4n) is 2.14. The Hall–Kier alpha value is -1.03. The fourth-order valence-corrected chi connectivity index (χ4v) is 2.14. The van der Waals surface area contributed by atoms with Gasteiger partial charge in [-0.1, -0.05) is 6.92 Å². The number of aliphatic hydroxyl groups is 1. The van der Waals surface area contributed by atoms with Crippen LogP contribution in [0.4, 0.5) is 0 Å². The molecule has 0 aliphatic carbocycles. The van der Waals surface area contributed by atoms with Crippen molar-refractivity contribution in [2.24, 2.45) is 0 Å². The van der Waals surface area contributed by atoms with E-state index in [9.17, 15) is 0 Å². The Bertz CT molecular complexity index is 334. The van der Waals surface area contributed by atoms with Gasteiger partial charge in [-0.3, -0.25) is 4.68 Å². The highest BCUT2D eigenvalue weighted by Gasteiger charge is 2.19. The molecule has 1 aliphatic heterocycles. The molecule has 0 fully saturated rings. The Kier molecular flexibility index (Phi) is 3.26. The van der Waals surface area contributed by atoms with Crippen molar-refractivity contribution in [3.05, 3.63) is 11.3 Å². The third-order valence-corrected chi connectivity index (χ3v) is 2.85. The number of aliphatic hydroxyl groups excluding tert-OH is 1. The summed E-state index contributed by atoms with van der Waals surface area (Å²) in [5.74, 6) is 0.725. The van der Waals surface area contributed by atoms with Gasteiger partial charge in [0.05, 0.1) is 6.61 Å². The molecule has 4 nitrogen and oxygen atoms in total. The number of aryl methyl sites for hydroxylation is 1. The maximum Gasteiger partial charge on any atom is 0.236 e. The van der Waals surface area contributed by atoms with E-state index in [4.69, 9.17) is 9.84 Å². The van der Waals surface area contributed by atoms with Gasteiger partial charge in [-0.25, -0.2) is 0 Å². The number of hydrogen-bond donors (Lipinski definition) is 1. The lowest BCUT2D eigenvalue weighted by Crippen LogP contribution is -2.11. The lowest BCUT2D eigenvalue weighted by atomic mass is 10.1. The Morgan fingerprint density at radius 1 is 1.47 bits per heavy atom. The highest BCUT2D eigenvalue weighted by molar-refractivity contribution is 5.32. The number of hydrogen-bond acceptors (Lipinski definition) is 3. The first-order valence-electron chi connectivity index (χ1n) is 5.69. The molecule has 1 aromatic heterocycles. The molecule has 1 aliphatic rings. The number of fused-ring (bicyclic) bond motifs is 1. The number of rotatable bonds is 4. The molecule has 0 saturated heterocycles. The van der Waals surface area contributed by atoms with Gasteiger partial charge in [0, 0.05) is 17.8 Å². The van der Waals surface area contributed by atoms with Crippen molar-refractivity contribution in [2.45, 2.75) is 39.2 Å². The quantitative estimate of drug-likeness (QED) is 0.811. The lowest BCUT2D eigenvalue weighted by molar-refractivity contribution is 0.194. The number of aromatic nitrogens is 2. The lowest BCUT2D eigenvalue weighted by Gasteiger charge is -2.13. The van der Waals surface area contributed by atoms with Gasteiger partial charge in [0.1, 0.15) is 6.61 Å². The summed E-state index contributed by atoms with van der Waals surface area (Å²) in [7, 11) is 0. The third-order valence-electron chi connectivity index (χ3n) is 2.85. The summed E-state index contributed by atoms with van der Waals surface area (Å²) in [5, 5.41) is 13.2. The van der Waals surface area contributed by atoms with Crippen LogP contribution in [-0.2, 0) is 19.4 Å². The van der Waals surface area contributed by atoms with Gasteiger partial charge in [-0.15, -0.1) is 5.10 Å². The third kappa shape index (κ3) is 2.00. The first-order valence-corrected chi connectivity index (χ1v) is 5.69. The van der Waals surface area contributed by atoms with E-state index < -0.39 is 0 Å². The topological polar surface area (TPSA) is 47.3 Å². The summed E-state index contributed by atoms with van der Waals surface area (Å²) in [5.41, 5.74) is 2.56. The van der Waals surface area contributed by atoms with Crippen molar-refractivity contribution in [1.82, 2.24) is 9.78 Å². The summed E-state index contributed by atoms with van der Waals surface area (Å²) >= 11 is 0. The fraction of sp³-hybridized carbons (Fsp3) is 0.727. The molecule has 2 heterocycles. The molecular weight excluding hydrogens is 192 g/mol. The smallest absolute Gasteiger partial charge is 0.236 e. The molecule has 0 spiro atoms. The molecule has 1 N–H and O–H groups in total. The van der Waals surface area contributed by atoms with Crippen LogP contribution < -0.4 is 4.74 Å². The SMILES string of the molecule is CCc1c(OCCO)nn2c1CCCC2. The van der Waals surface area contributed by atoms with Crippen LogP contribution in [0.5, 0.6) is 5.88 Å². The minimum absolute atomic E-state index is 0.0470. The van der Waals surface area contributed by atoms with Crippen LogP contribution in [0.1, 0.15) is 31.0 Å². The predicted octanol–water partition coefficient (Wildman–Crippen LogP) is 1.15. The van der Waals surface area contributed by atoms with Crippen molar-refractivity contribution < 1.29 is 9.84 Å². The average Bonchev–Trinajstić information content (AvgIpc) is 2.63. The average molecular weight is 210 g/mol. The standard InChI is InChI=1S/C11H18N2O2/c1-2-9-10-5-3-4-6-13(10)12-11(9)15-8-7-14/h14H,2-8H2,1H3. The van der Waals surface area contributed by atoms with Crippen molar-refractivity contribution in [2.75, 3.05) is 13.2 Å².